The summed E-state index contributed by atoms with van der Waals surface area (Å²) in [5.74, 6) is 1.42. The summed E-state index contributed by atoms with van der Waals surface area (Å²) in [7, 11) is 1.60. The van der Waals surface area contributed by atoms with Crippen molar-refractivity contribution < 1.29 is 14.3 Å². The number of carbonyl (C=O) groups excluding carboxylic acids is 2. The van der Waals surface area contributed by atoms with E-state index in [0.29, 0.717) is 24.4 Å². The predicted molar refractivity (Wildman–Crippen MR) is 114 cm³/mol. The SMILES string of the molecule is COc1ccc2c(c1)[C@@]1(SCCN1C(=O)C1CC1)C(=O)N2Cc1cccc(C#N)c1. The third-order valence-corrected chi connectivity index (χ3v) is 7.41. The number of amides is 2. The van der Waals surface area contributed by atoms with Crippen molar-refractivity contribution in [1.29, 1.82) is 5.26 Å². The Morgan fingerprint density at radius 3 is 2.87 bits per heavy atom. The van der Waals surface area contributed by atoms with Gasteiger partial charge in [-0.2, -0.15) is 5.26 Å². The molecule has 1 aliphatic carbocycles. The fourth-order valence-electron chi connectivity index (χ4n) is 4.37. The van der Waals surface area contributed by atoms with E-state index in [1.54, 1.807) is 29.0 Å². The molecule has 2 aromatic carbocycles. The zero-order valence-corrected chi connectivity index (χ0v) is 17.4. The van der Waals surface area contributed by atoms with Gasteiger partial charge in [-0.05, 0) is 48.7 Å². The van der Waals surface area contributed by atoms with E-state index in [-0.39, 0.29) is 17.7 Å². The van der Waals surface area contributed by atoms with Crippen molar-refractivity contribution in [3.05, 3.63) is 59.2 Å². The summed E-state index contributed by atoms with van der Waals surface area (Å²) in [6.07, 6.45) is 1.81. The molecule has 6 nitrogen and oxygen atoms in total. The standard InChI is InChI=1S/C23H21N3O3S/c1-29-18-7-8-20-19(12-18)23(26(9-10-30-23)21(27)17-5-6-17)22(28)25(20)14-16-4-2-3-15(11-16)13-24/h2-4,7-8,11-12,17H,5-6,9-10,14H2,1H3/t23-/m1/s1. The van der Waals surface area contributed by atoms with Crippen LogP contribution < -0.4 is 9.64 Å². The van der Waals surface area contributed by atoms with Crippen LogP contribution in [0, 0.1) is 17.2 Å². The number of ether oxygens (including phenoxy) is 1. The van der Waals surface area contributed by atoms with E-state index >= 15 is 0 Å². The van der Waals surface area contributed by atoms with Crippen molar-refractivity contribution in [2.45, 2.75) is 24.3 Å². The number of nitriles is 1. The highest BCUT2D eigenvalue weighted by atomic mass is 32.2. The number of benzene rings is 2. The smallest absolute Gasteiger partial charge is 0.268 e. The van der Waals surface area contributed by atoms with Crippen molar-refractivity contribution in [2.75, 3.05) is 24.3 Å². The summed E-state index contributed by atoms with van der Waals surface area (Å²) in [5.41, 5.74) is 3.06. The van der Waals surface area contributed by atoms with Crippen LogP contribution in [0.15, 0.2) is 42.5 Å². The van der Waals surface area contributed by atoms with Gasteiger partial charge in [0.15, 0.2) is 4.87 Å². The summed E-state index contributed by atoms with van der Waals surface area (Å²) in [4.78, 5) is 29.5. The molecule has 0 N–H and O–H groups in total. The molecule has 0 radical (unpaired) electrons. The predicted octanol–water partition coefficient (Wildman–Crippen LogP) is 3.25. The van der Waals surface area contributed by atoms with Crippen LogP contribution >= 0.6 is 11.8 Å². The first-order chi connectivity index (χ1) is 14.6. The number of methoxy groups -OCH3 is 1. The van der Waals surface area contributed by atoms with Gasteiger partial charge in [0.1, 0.15) is 5.75 Å². The van der Waals surface area contributed by atoms with E-state index in [4.69, 9.17) is 4.74 Å². The van der Waals surface area contributed by atoms with E-state index in [1.165, 1.54) is 11.8 Å². The lowest BCUT2D eigenvalue weighted by molar-refractivity contribution is -0.141. The van der Waals surface area contributed by atoms with E-state index in [1.807, 2.05) is 30.3 Å². The van der Waals surface area contributed by atoms with E-state index in [9.17, 15) is 14.9 Å². The molecule has 152 valence electrons. The van der Waals surface area contributed by atoms with Crippen molar-refractivity contribution in [3.63, 3.8) is 0 Å². The van der Waals surface area contributed by atoms with Crippen LogP contribution in [0.25, 0.3) is 0 Å². The van der Waals surface area contributed by atoms with Gasteiger partial charge in [0.25, 0.3) is 5.91 Å². The second kappa shape index (κ2) is 7.06. The van der Waals surface area contributed by atoms with E-state index in [2.05, 4.69) is 6.07 Å². The quantitative estimate of drug-likeness (QED) is 0.761. The Morgan fingerprint density at radius 2 is 2.13 bits per heavy atom. The second-order valence-electron chi connectivity index (χ2n) is 7.84. The van der Waals surface area contributed by atoms with Crippen LogP contribution in [0.5, 0.6) is 5.75 Å². The average Bonchev–Trinajstić information content (AvgIpc) is 3.50. The van der Waals surface area contributed by atoms with Crippen LogP contribution in [0.2, 0.25) is 0 Å². The van der Waals surface area contributed by atoms with Gasteiger partial charge in [0.05, 0.1) is 31.0 Å². The fraction of sp³-hybridized carbons (Fsp3) is 0.348. The highest BCUT2D eigenvalue weighted by Crippen LogP contribution is 2.56. The number of nitrogens with zero attached hydrogens (tertiary/aromatic N) is 3. The van der Waals surface area contributed by atoms with Crippen LogP contribution in [0.3, 0.4) is 0 Å². The van der Waals surface area contributed by atoms with Crippen LogP contribution in [0.1, 0.15) is 29.5 Å². The molecular weight excluding hydrogens is 398 g/mol. The summed E-state index contributed by atoms with van der Waals surface area (Å²) >= 11 is 1.53. The molecule has 2 aliphatic heterocycles. The molecule has 2 fully saturated rings. The Bertz CT molecular complexity index is 1090. The number of fused-ring (bicyclic) bond motifs is 2. The summed E-state index contributed by atoms with van der Waals surface area (Å²) in [5, 5.41) is 9.22. The maximum absolute atomic E-state index is 13.9. The molecule has 7 heteroatoms. The third kappa shape index (κ3) is 2.78. The Labute approximate surface area is 179 Å². The van der Waals surface area contributed by atoms with E-state index in [0.717, 1.165) is 35.4 Å². The minimum Gasteiger partial charge on any atom is -0.497 e. The van der Waals surface area contributed by atoms with Crippen molar-refractivity contribution in [2.24, 2.45) is 5.92 Å². The van der Waals surface area contributed by atoms with Gasteiger partial charge in [-0.3, -0.25) is 9.59 Å². The fourth-order valence-corrected chi connectivity index (χ4v) is 5.83. The summed E-state index contributed by atoms with van der Waals surface area (Å²) < 4.78 is 5.44. The van der Waals surface area contributed by atoms with Gasteiger partial charge in [0.2, 0.25) is 5.91 Å². The van der Waals surface area contributed by atoms with Gasteiger partial charge < -0.3 is 14.5 Å². The second-order valence-corrected chi connectivity index (χ2v) is 9.13. The van der Waals surface area contributed by atoms with Gasteiger partial charge in [-0.25, -0.2) is 0 Å². The minimum absolute atomic E-state index is 0.0452. The van der Waals surface area contributed by atoms with Crippen molar-refractivity contribution in [1.82, 2.24) is 4.90 Å². The maximum Gasteiger partial charge on any atom is 0.268 e. The van der Waals surface area contributed by atoms with Gasteiger partial charge in [-0.15, -0.1) is 11.8 Å². The van der Waals surface area contributed by atoms with E-state index < -0.39 is 4.87 Å². The zero-order valence-electron chi connectivity index (χ0n) is 16.6. The lowest BCUT2D eigenvalue weighted by Crippen LogP contribution is -2.50. The minimum atomic E-state index is -1.03. The highest BCUT2D eigenvalue weighted by Gasteiger charge is 2.60. The molecule has 2 heterocycles. The van der Waals surface area contributed by atoms with Gasteiger partial charge in [0, 0.05) is 23.8 Å². The molecule has 30 heavy (non-hydrogen) atoms. The van der Waals surface area contributed by atoms with Crippen LogP contribution in [-0.4, -0.2) is 36.1 Å². The molecule has 5 rings (SSSR count). The largest absolute Gasteiger partial charge is 0.497 e. The Kier molecular flexibility index (Phi) is 4.48. The van der Waals surface area contributed by atoms with Crippen LogP contribution in [-0.2, 0) is 21.0 Å². The normalized spacial score (nSPS) is 22.3. The molecule has 1 spiro atoms. The molecule has 3 aliphatic rings. The molecule has 2 aromatic rings. The number of hydrogen-bond acceptors (Lipinski definition) is 5. The number of rotatable bonds is 4. The number of anilines is 1. The third-order valence-electron chi connectivity index (χ3n) is 5.99. The van der Waals surface area contributed by atoms with Crippen LogP contribution in [0.4, 0.5) is 5.69 Å². The lowest BCUT2D eigenvalue weighted by atomic mass is 10.0. The first-order valence-corrected chi connectivity index (χ1v) is 11.0. The number of hydrogen-bond donors (Lipinski definition) is 0. The number of thioether (sulfide) groups is 1. The van der Waals surface area contributed by atoms with Gasteiger partial charge in [-0.1, -0.05) is 12.1 Å². The highest BCUT2D eigenvalue weighted by molar-refractivity contribution is 8.01. The topological polar surface area (TPSA) is 73.6 Å². The first-order valence-electron chi connectivity index (χ1n) is 10.0. The average molecular weight is 420 g/mol. The van der Waals surface area contributed by atoms with Crippen molar-refractivity contribution >= 4 is 29.3 Å². The monoisotopic (exact) mass is 419 g/mol. The lowest BCUT2D eigenvalue weighted by Gasteiger charge is -2.33. The summed E-state index contributed by atoms with van der Waals surface area (Å²) in [6, 6.07) is 15.1. The Morgan fingerprint density at radius 1 is 1.30 bits per heavy atom. The molecule has 0 bridgehead atoms. The molecule has 1 saturated heterocycles. The molecule has 0 unspecified atom stereocenters. The van der Waals surface area contributed by atoms with Crippen molar-refractivity contribution in [3.8, 4) is 11.8 Å². The summed E-state index contributed by atoms with van der Waals surface area (Å²) in [6.45, 7) is 0.918. The Balaban J connectivity index is 1.60. The molecule has 2 amide bonds. The molecule has 1 saturated carbocycles. The number of carbonyl (C=O) groups is 2. The molecule has 0 aromatic heterocycles. The maximum atomic E-state index is 13.9. The Hall–Kier alpha value is -2.98. The zero-order chi connectivity index (χ0) is 20.9. The first kappa shape index (κ1) is 19.0. The molecule has 1 atom stereocenters. The molecular formula is C23H21N3O3S. The van der Waals surface area contributed by atoms with Gasteiger partial charge >= 0.3 is 0 Å².